The zero-order valence-electron chi connectivity index (χ0n) is 19.3. The van der Waals surface area contributed by atoms with Gasteiger partial charge in [0.05, 0.1) is 11.4 Å². The molecule has 0 saturated carbocycles. The summed E-state index contributed by atoms with van der Waals surface area (Å²) in [6, 6.07) is 12.7. The molecule has 0 bridgehead atoms. The van der Waals surface area contributed by atoms with E-state index in [1.807, 2.05) is 50.3 Å². The van der Waals surface area contributed by atoms with Gasteiger partial charge in [-0.1, -0.05) is 36.4 Å². The quantitative estimate of drug-likeness (QED) is 0.203. The standard InChI is InChI=1S/C25H27N7O2/c1-15-10-11-19(13-16(15)2)32-23(34)22(17(3)30-32)29-31-25(28-24(26)27)12-6-7-18(14-25)20-8-4-5-9-21(20)33/h4-13,31,33H,14H2,1-3H3,(H4,26,27,28)/b29-22-. The van der Waals surface area contributed by atoms with Crippen LogP contribution in [0.15, 0.2) is 70.9 Å². The van der Waals surface area contributed by atoms with E-state index >= 15 is 0 Å². The third kappa shape index (κ3) is 4.40. The minimum Gasteiger partial charge on any atom is -0.507 e. The van der Waals surface area contributed by atoms with Gasteiger partial charge in [-0.05, 0) is 61.7 Å². The Hall–Kier alpha value is -4.40. The van der Waals surface area contributed by atoms with Crippen molar-refractivity contribution >= 4 is 34.6 Å². The number of phenols is 1. The summed E-state index contributed by atoms with van der Waals surface area (Å²) in [5.74, 6) is -0.483. The number of allylic oxidation sites excluding steroid dienone is 2. The fourth-order valence-corrected chi connectivity index (χ4v) is 3.92. The molecule has 1 amide bonds. The highest BCUT2D eigenvalue weighted by atomic mass is 16.3. The Kier molecular flexibility index (Phi) is 5.93. The summed E-state index contributed by atoms with van der Waals surface area (Å²) in [4.78, 5) is 13.1. The third-order valence-corrected chi connectivity index (χ3v) is 5.85. The maximum Gasteiger partial charge on any atom is 0.301 e. The lowest BCUT2D eigenvalue weighted by Gasteiger charge is -2.34. The minimum absolute atomic E-state index is 0.144. The summed E-state index contributed by atoms with van der Waals surface area (Å²) in [7, 11) is 0. The number of hydrazone groups is 2. The predicted molar refractivity (Wildman–Crippen MR) is 135 cm³/mol. The average molecular weight is 458 g/mol. The van der Waals surface area contributed by atoms with Crippen LogP contribution in [-0.4, -0.2) is 34.1 Å². The Morgan fingerprint density at radius 2 is 1.97 bits per heavy atom. The summed E-state index contributed by atoms with van der Waals surface area (Å²) in [5.41, 5.74) is 12.5. The van der Waals surface area contributed by atoms with E-state index in [1.54, 1.807) is 31.2 Å². The molecule has 2 aromatic carbocycles. The Bertz CT molecular complexity index is 1290. The highest BCUT2D eigenvalue weighted by molar-refractivity contribution is 6.71. The zero-order valence-corrected chi connectivity index (χ0v) is 19.3. The number of guanidine groups is 1. The van der Waals surface area contributed by atoms with E-state index in [0.29, 0.717) is 23.4 Å². The van der Waals surface area contributed by atoms with Crippen LogP contribution in [0.3, 0.4) is 0 Å². The topological polar surface area (TPSA) is 139 Å². The van der Waals surface area contributed by atoms with Gasteiger partial charge in [-0.15, -0.1) is 0 Å². The highest BCUT2D eigenvalue weighted by Gasteiger charge is 2.35. The van der Waals surface area contributed by atoms with Crippen LogP contribution in [0.2, 0.25) is 0 Å². The molecule has 0 spiro atoms. The number of aryl methyl sites for hydroxylation is 2. The lowest BCUT2D eigenvalue weighted by Crippen LogP contribution is -2.58. The number of para-hydroxylation sites is 1. The summed E-state index contributed by atoms with van der Waals surface area (Å²) < 4.78 is 0. The van der Waals surface area contributed by atoms with Crippen molar-refractivity contribution in [1.29, 1.82) is 5.41 Å². The number of carbonyl (C=O) groups is 1. The van der Waals surface area contributed by atoms with Gasteiger partial charge in [0.25, 0.3) is 0 Å². The summed E-state index contributed by atoms with van der Waals surface area (Å²) >= 11 is 0. The molecule has 1 aliphatic carbocycles. The molecule has 1 atom stereocenters. The van der Waals surface area contributed by atoms with Crippen molar-refractivity contribution < 1.29 is 9.90 Å². The molecule has 2 aliphatic rings. The zero-order chi connectivity index (χ0) is 24.5. The Morgan fingerprint density at radius 1 is 1.21 bits per heavy atom. The smallest absolute Gasteiger partial charge is 0.301 e. The van der Waals surface area contributed by atoms with Crippen LogP contribution in [0.1, 0.15) is 30.0 Å². The molecule has 0 aromatic heterocycles. The van der Waals surface area contributed by atoms with E-state index in [2.05, 4.69) is 20.9 Å². The monoisotopic (exact) mass is 457 g/mol. The van der Waals surface area contributed by atoms with Crippen molar-refractivity contribution in [3.05, 3.63) is 77.4 Å². The van der Waals surface area contributed by atoms with E-state index < -0.39 is 5.66 Å². The molecule has 2 aromatic rings. The SMILES string of the molecule is CC1=NN(c2ccc(C)c(C)c2)C(=O)/C1=N\NC1(NC(=N)N)C=CC=C(c2ccccc2O)C1. The molecule has 1 heterocycles. The molecule has 9 heteroatoms. The van der Waals surface area contributed by atoms with Crippen LogP contribution in [-0.2, 0) is 4.79 Å². The summed E-state index contributed by atoms with van der Waals surface area (Å²) in [5, 5.41) is 31.1. The highest BCUT2D eigenvalue weighted by Crippen LogP contribution is 2.33. The van der Waals surface area contributed by atoms with E-state index in [4.69, 9.17) is 11.1 Å². The molecule has 34 heavy (non-hydrogen) atoms. The van der Waals surface area contributed by atoms with Crippen molar-refractivity contribution in [1.82, 2.24) is 10.7 Å². The van der Waals surface area contributed by atoms with E-state index in [9.17, 15) is 9.90 Å². The van der Waals surface area contributed by atoms with Crippen LogP contribution < -0.4 is 21.5 Å². The number of amides is 1. The Morgan fingerprint density at radius 3 is 2.68 bits per heavy atom. The molecule has 0 saturated heterocycles. The van der Waals surface area contributed by atoms with Crippen molar-refractivity contribution in [2.45, 2.75) is 32.9 Å². The number of carbonyl (C=O) groups excluding carboxylic acids is 1. The van der Waals surface area contributed by atoms with Gasteiger partial charge in [0, 0.05) is 12.0 Å². The molecule has 0 fully saturated rings. The minimum atomic E-state index is -1.08. The van der Waals surface area contributed by atoms with E-state index in [-0.39, 0.29) is 23.3 Å². The van der Waals surface area contributed by atoms with E-state index in [1.165, 1.54) is 5.01 Å². The third-order valence-electron chi connectivity index (χ3n) is 5.85. The lowest BCUT2D eigenvalue weighted by atomic mass is 9.89. The maximum absolute atomic E-state index is 13.1. The fraction of sp³-hybridized carbons (Fsp3) is 0.200. The largest absolute Gasteiger partial charge is 0.507 e. The molecule has 174 valence electrons. The number of rotatable bonds is 5. The number of hydrogen-bond acceptors (Lipinski definition) is 6. The van der Waals surface area contributed by atoms with Crippen LogP contribution >= 0.6 is 0 Å². The normalized spacial score (nSPS) is 20.9. The maximum atomic E-state index is 13.1. The number of nitrogens with one attached hydrogen (secondary N) is 3. The van der Waals surface area contributed by atoms with E-state index in [0.717, 1.165) is 16.7 Å². The molecular weight excluding hydrogens is 430 g/mol. The van der Waals surface area contributed by atoms with Gasteiger partial charge in [0.15, 0.2) is 11.7 Å². The summed E-state index contributed by atoms with van der Waals surface area (Å²) in [6.07, 6.45) is 5.74. The van der Waals surface area contributed by atoms with Gasteiger partial charge >= 0.3 is 5.91 Å². The van der Waals surface area contributed by atoms with Crippen LogP contribution in [0.4, 0.5) is 5.69 Å². The van der Waals surface area contributed by atoms with Gasteiger partial charge in [-0.3, -0.25) is 15.6 Å². The molecule has 6 N–H and O–H groups in total. The predicted octanol–water partition coefficient (Wildman–Crippen LogP) is 2.90. The number of hydrogen-bond donors (Lipinski definition) is 5. The number of aromatic hydroxyl groups is 1. The first kappa shape index (κ1) is 22.8. The second-order valence-corrected chi connectivity index (χ2v) is 8.40. The van der Waals surface area contributed by atoms with Crippen LogP contribution in [0.5, 0.6) is 5.75 Å². The Balaban J connectivity index is 1.61. The summed E-state index contributed by atoms with van der Waals surface area (Å²) in [6.45, 7) is 5.70. The van der Waals surface area contributed by atoms with Gasteiger partial charge in [-0.25, -0.2) is 0 Å². The molecular formula is C25H27N7O2. The molecule has 1 aliphatic heterocycles. The number of nitrogens with two attached hydrogens (primary N) is 1. The molecule has 4 rings (SSSR count). The second-order valence-electron chi connectivity index (χ2n) is 8.40. The molecule has 1 unspecified atom stereocenters. The molecule has 0 radical (unpaired) electrons. The average Bonchev–Trinajstić information content (AvgIpc) is 3.07. The van der Waals surface area contributed by atoms with Gasteiger partial charge in [-0.2, -0.15) is 15.2 Å². The van der Waals surface area contributed by atoms with Crippen LogP contribution in [0, 0.1) is 19.3 Å². The van der Waals surface area contributed by atoms with Crippen LogP contribution in [0.25, 0.3) is 5.57 Å². The lowest BCUT2D eigenvalue weighted by molar-refractivity contribution is -0.112. The first-order valence-corrected chi connectivity index (χ1v) is 10.8. The molecule has 9 nitrogen and oxygen atoms in total. The van der Waals surface area contributed by atoms with Crippen molar-refractivity contribution in [3.8, 4) is 5.75 Å². The number of nitrogens with zero attached hydrogens (tertiary/aromatic N) is 3. The van der Waals surface area contributed by atoms with Crippen molar-refractivity contribution in [2.24, 2.45) is 15.9 Å². The number of anilines is 1. The van der Waals surface area contributed by atoms with Gasteiger partial charge in [0.2, 0.25) is 0 Å². The Labute approximate surface area is 197 Å². The number of phenolic OH excluding ortho intramolecular Hbond substituents is 1. The second kappa shape index (κ2) is 8.86. The van der Waals surface area contributed by atoms with Crippen molar-refractivity contribution in [2.75, 3.05) is 5.01 Å². The van der Waals surface area contributed by atoms with Crippen molar-refractivity contribution in [3.63, 3.8) is 0 Å². The van der Waals surface area contributed by atoms with Gasteiger partial charge < -0.3 is 16.2 Å². The number of benzene rings is 2. The fourth-order valence-electron chi connectivity index (χ4n) is 3.92. The van der Waals surface area contributed by atoms with Gasteiger partial charge in [0.1, 0.15) is 11.4 Å². The first-order chi connectivity index (χ1) is 16.2. The first-order valence-electron chi connectivity index (χ1n) is 10.8.